The maximum atomic E-state index is 12.6. The molecule has 2 N–H and O–H groups in total. The molecule has 0 radical (unpaired) electrons. The number of carbonyl (C=O) groups is 1. The van der Waals surface area contributed by atoms with Gasteiger partial charge in [-0.3, -0.25) is 15.0 Å². The van der Waals surface area contributed by atoms with Gasteiger partial charge in [0.15, 0.2) is 10.9 Å². The second-order valence-corrected chi connectivity index (χ2v) is 10.2. The third kappa shape index (κ3) is 6.55. The second-order valence-electron chi connectivity index (χ2n) is 8.98. The lowest BCUT2D eigenvalue weighted by atomic mass is 10.2. The first-order valence-corrected chi connectivity index (χ1v) is 13.4. The first kappa shape index (κ1) is 26.3. The fourth-order valence-electron chi connectivity index (χ4n) is 4.37. The van der Waals surface area contributed by atoms with Crippen molar-refractivity contribution in [2.45, 2.75) is 6.54 Å². The van der Waals surface area contributed by atoms with Gasteiger partial charge in [0.2, 0.25) is 0 Å². The van der Waals surface area contributed by atoms with Crippen LogP contribution in [0.4, 0.5) is 11.4 Å². The van der Waals surface area contributed by atoms with Crippen LogP contribution >= 0.6 is 35.4 Å². The number of nitrogens with one attached hydrogen (secondary N) is 2. The molecule has 2 heterocycles. The first-order valence-electron chi connectivity index (χ1n) is 12.2. The molecule has 6 nitrogen and oxygen atoms in total. The molecule has 3 aromatic carbocycles. The van der Waals surface area contributed by atoms with Crippen molar-refractivity contribution in [3.8, 4) is 11.3 Å². The van der Waals surface area contributed by atoms with Crippen LogP contribution in [0.5, 0.6) is 0 Å². The summed E-state index contributed by atoms with van der Waals surface area (Å²) in [6.07, 6.45) is 0. The third-order valence-corrected chi connectivity index (χ3v) is 7.19. The van der Waals surface area contributed by atoms with Crippen LogP contribution in [-0.4, -0.2) is 42.1 Å². The minimum atomic E-state index is -0.429. The smallest absolute Gasteiger partial charge is 0.293 e. The van der Waals surface area contributed by atoms with E-state index in [1.54, 1.807) is 24.3 Å². The number of carbonyl (C=O) groups excluding carboxylic acids is 1. The van der Waals surface area contributed by atoms with Gasteiger partial charge in [-0.1, -0.05) is 53.5 Å². The topological polar surface area (TPSA) is 60.8 Å². The van der Waals surface area contributed by atoms with Gasteiger partial charge >= 0.3 is 0 Å². The largest absolute Gasteiger partial charge is 0.451 e. The molecule has 1 saturated heterocycles. The molecular formula is C29H26Cl2N4O2S. The number of furan rings is 1. The zero-order valence-corrected chi connectivity index (χ0v) is 22.8. The van der Waals surface area contributed by atoms with Gasteiger partial charge in [-0.05, 0) is 72.4 Å². The van der Waals surface area contributed by atoms with Gasteiger partial charge in [0.25, 0.3) is 5.91 Å². The highest BCUT2D eigenvalue weighted by atomic mass is 35.5. The summed E-state index contributed by atoms with van der Waals surface area (Å²) in [5.41, 5.74) is 3.89. The minimum Gasteiger partial charge on any atom is -0.451 e. The molecule has 1 fully saturated rings. The number of amides is 1. The SMILES string of the molecule is O=C(NC(=S)Nc1ccc(N2CCN(Cc3ccccc3Cl)CC2)cc1)c1ccc(-c2cccc(Cl)c2)o1. The molecule has 4 aromatic rings. The molecule has 0 unspecified atom stereocenters. The van der Waals surface area contributed by atoms with Crippen molar-refractivity contribution in [3.63, 3.8) is 0 Å². The monoisotopic (exact) mass is 564 g/mol. The van der Waals surface area contributed by atoms with Gasteiger partial charge in [-0.25, -0.2) is 0 Å². The number of hydrogen-bond donors (Lipinski definition) is 2. The summed E-state index contributed by atoms with van der Waals surface area (Å²) < 4.78 is 5.69. The molecule has 0 saturated carbocycles. The summed E-state index contributed by atoms with van der Waals surface area (Å²) in [4.78, 5) is 17.4. The Hall–Kier alpha value is -3.36. The quantitative estimate of drug-likeness (QED) is 0.254. The predicted octanol–water partition coefficient (Wildman–Crippen LogP) is 6.70. The molecule has 5 rings (SSSR count). The van der Waals surface area contributed by atoms with Crippen LogP contribution in [0, 0.1) is 0 Å². The molecule has 1 amide bonds. The summed E-state index contributed by atoms with van der Waals surface area (Å²) in [5.74, 6) is 0.284. The van der Waals surface area contributed by atoms with Crippen molar-refractivity contribution in [1.29, 1.82) is 0 Å². The average Bonchev–Trinajstić information content (AvgIpc) is 3.42. The number of nitrogens with zero attached hydrogens (tertiary/aromatic N) is 2. The van der Waals surface area contributed by atoms with E-state index < -0.39 is 5.91 Å². The number of anilines is 2. The molecule has 9 heteroatoms. The normalized spacial score (nSPS) is 13.8. The van der Waals surface area contributed by atoms with Crippen molar-refractivity contribution in [2.24, 2.45) is 0 Å². The highest BCUT2D eigenvalue weighted by molar-refractivity contribution is 7.80. The summed E-state index contributed by atoms with van der Waals surface area (Å²) in [7, 11) is 0. The van der Waals surface area contributed by atoms with Crippen molar-refractivity contribution >= 4 is 57.8 Å². The maximum Gasteiger partial charge on any atom is 0.293 e. The molecule has 38 heavy (non-hydrogen) atoms. The molecule has 1 aliphatic heterocycles. The first-order chi connectivity index (χ1) is 18.4. The predicted molar refractivity (Wildman–Crippen MR) is 158 cm³/mol. The standard InChI is InChI=1S/C29H26Cl2N4O2S/c30-22-6-3-5-20(18-22)26-12-13-27(37-26)28(36)33-29(38)32-23-8-10-24(11-9-23)35-16-14-34(15-17-35)19-21-4-1-2-7-25(21)31/h1-13,18H,14-17,19H2,(H2,32,33,36,38). The maximum absolute atomic E-state index is 12.6. The van der Waals surface area contributed by atoms with Gasteiger partial charge in [0.1, 0.15) is 5.76 Å². The minimum absolute atomic E-state index is 0.160. The van der Waals surface area contributed by atoms with E-state index in [0.29, 0.717) is 10.8 Å². The summed E-state index contributed by atoms with van der Waals surface area (Å²) >= 11 is 17.7. The Morgan fingerprint density at radius 1 is 0.895 bits per heavy atom. The van der Waals surface area contributed by atoms with Crippen LogP contribution in [0.2, 0.25) is 10.0 Å². The lowest BCUT2D eigenvalue weighted by Crippen LogP contribution is -2.46. The van der Waals surface area contributed by atoms with Gasteiger partial charge in [-0.2, -0.15) is 0 Å². The van der Waals surface area contributed by atoms with Gasteiger partial charge in [0.05, 0.1) is 0 Å². The zero-order chi connectivity index (χ0) is 26.5. The zero-order valence-electron chi connectivity index (χ0n) is 20.5. The van der Waals surface area contributed by atoms with E-state index >= 15 is 0 Å². The van der Waals surface area contributed by atoms with Crippen LogP contribution in [-0.2, 0) is 6.54 Å². The van der Waals surface area contributed by atoms with Crippen molar-refractivity contribution in [1.82, 2.24) is 10.2 Å². The van der Waals surface area contributed by atoms with Gasteiger partial charge < -0.3 is 14.6 Å². The van der Waals surface area contributed by atoms with E-state index in [9.17, 15) is 4.79 Å². The van der Waals surface area contributed by atoms with Crippen molar-refractivity contribution < 1.29 is 9.21 Å². The Bertz CT molecular complexity index is 1430. The highest BCUT2D eigenvalue weighted by Crippen LogP contribution is 2.25. The number of piperazine rings is 1. The Labute approximate surface area is 237 Å². The molecule has 0 aliphatic carbocycles. The third-order valence-electron chi connectivity index (χ3n) is 6.38. The average molecular weight is 566 g/mol. The molecule has 0 atom stereocenters. The fraction of sp³-hybridized carbons (Fsp3) is 0.172. The lowest BCUT2D eigenvalue weighted by Gasteiger charge is -2.36. The number of benzene rings is 3. The Morgan fingerprint density at radius 2 is 1.66 bits per heavy atom. The molecule has 1 aliphatic rings. The second kappa shape index (κ2) is 12.0. The van der Waals surface area contributed by atoms with E-state index in [1.165, 1.54) is 0 Å². The Balaban J connectivity index is 1.11. The number of hydrogen-bond acceptors (Lipinski definition) is 5. The van der Waals surface area contributed by atoms with E-state index in [1.807, 2.05) is 42.5 Å². The Morgan fingerprint density at radius 3 is 2.39 bits per heavy atom. The number of rotatable bonds is 6. The number of halogens is 2. The van der Waals surface area contributed by atoms with E-state index in [-0.39, 0.29) is 10.9 Å². The van der Waals surface area contributed by atoms with E-state index in [4.69, 9.17) is 39.8 Å². The summed E-state index contributed by atoms with van der Waals surface area (Å²) in [6.45, 7) is 4.66. The van der Waals surface area contributed by atoms with Gasteiger partial charge in [0, 0.05) is 59.7 Å². The summed E-state index contributed by atoms with van der Waals surface area (Å²) in [5, 5.41) is 7.33. The fourth-order valence-corrected chi connectivity index (χ4v) is 4.97. The molecule has 0 bridgehead atoms. The Kier molecular flexibility index (Phi) is 8.29. The van der Waals surface area contributed by atoms with Crippen LogP contribution in [0.15, 0.2) is 89.3 Å². The molecule has 0 spiro atoms. The van der Waals surface area contributed by atoms with Crippen molar-refractivity contribution in [3.05, 3.63) is 106 Å². The van der Waals surface area contributed by atoms with E-state index in [0.717, 1.165) is 60.2 Å². The van der Waals surface area contributed by atoms with Crippen LogP contribution in [0.25, 0.3) is 11.3 Å². The van der Waals surface area contributed by atoms with Gasteiger partial charge in [-0.15, -0.1) is 0 Å². The van der Waals surface area contributed by atoms with Crippen molar-refractivity contribution in [2.75, 3.05) is 36.4 Å². The molecule has 1 aromatic heterocycles. The molecule has 194 valence electrons. The van der Waals surface area contributed by atoms with Crippen LogP contribution in [0.1, 0.15) is 16.1 Å². The lowest BCUT2D eigenvalue weighted by molar-refractivity contribution is 0.0951. The van der Waals surface area contributed by atoms with Crippen LogP contribution in [0.3, 0.4) is 0 Å². The summed E-state index contributed by atoms with van der Waals surface area (Å²) in [6, 6.07) is 26.6. The number of thiocarbonyl (C=S) groups is 1. The van der Waals surface area contributed by atoms with Crippen LogP contribution < -0.4 is 15.5 Å². The highest BCUT2D eigenvalue weighted by Gasteiger charge is 2.18. The molecular weight excluding hydrogens is 539 g/mol. The van der Waals surface area contributed by atoms with E-state index in [2.05, 4.69) is 38.6 Å².